The highest BCUT2D eigenvalue weighted by Crippen LogP contribution is 2.38. The molecule has 0 spiro atoms. The fourth-order valence-electron chi connectivity index (χ4n) is 6.37. The third kappa shape index (κ3) is 4.94. The minimum Gasteiger partial charge on any atom is -0.494 e. The third-order valence-electron chi connectivity index (χ3n) is 8.39. The van der Waals surface area contributed by atoms with Crippen molar-refractivity contribution in [2.24, 2.45) is 5.92 Å². The molecule has 2 fully saturated rings. The highest BCUT2D eigenvalue weighted by molar-refractivity contribution is 5.96. The van der Waals surface area contributed by atoms with Gasteiger partial charge < -0.3 is 19.3 Å². The third-order valence-corrected chi connectivity index (χ3v) is 8.39. The molecular formula is C31H37FN6O4. The van der Waals surface area contributed by atoms with E-state index in [2.05, 4.69) is 15.6 Å². The van der Waals surface area contributed by atoms with Crippen molar-refractivity contribution in [1.29, 1.82) is 0 Å². The first-order valence-electron chi connectivity index (χ1n) is 14.4. The minimum atomic E-state index is -1.34. The molecule has 11 heteroatoms. The number of aryl methyl sites for hydroxylation is 1. The van der Waals surface area contributed by atoms with E-state index in [4.69, 9.17) is 9.84 Å². The topological polar surface area (TPSA) is 105 Å². The van der Waals surface area contributed by atoms with Gasteiger partial charge in [0.15, 0.2) is 0 Å². The molecule has 0 unspecified atom stereocenters. The number of amides is 2. The molecule has 1 aliphatic heterocycles. The number of rotatable bonds is 6. The van der Waals surface area contributed by atoms with Gasteiger partial charge in [-0.2, -0.15) is 5.10 Å². The number of fused-ring (bicyclic) bond motifs is 2. The number of halogens is 1. The number of nitrogens with zero attached hydrogens (tertiary/aromatic N) is 6. The Morgan fingerprint density at radius 2 is 1.98 bits per heavy atom. The van der Waals surface area contributed by atoms with Crippen LogP contribution in [0, 0.1) is 12.8 Å². The van der Waals surface area contributed by atoms with E-state index in [1.54, 1.807) is 50.9 Å². The van der Waals surface area contributed by atoms with Crippen molar-refractivity contribution < 1.29 is 23.8 Å². The molecule has 2 aliphatic rings. The number of piperidine rings is 1. The van der Waals surface area contributed by atoms with Crippen molar-refractivity contribution in [3.63, 3.8) is 0 Å². The molecule has 0 bridgehead atoms. The van der Waals surface area contributed by atoms with Crippen LogP contribution >= 0.6 is 0 Å². The molecule has 0 radical (unpaired) electrons. The first-order valence-corrected chi connectivity index (χ1v) is 14.4. The summed E-state index contributed by atoms with van der Waals surface area (Å²) in [6, 6.07) is 7.08. The van der Waals surface area contributed by atoms with Crippen molar-refractivity contribution in [1.82, 2.24) is 29.0 Å². The van der Waals surface area contributed by atoms with Crippen molar-refractivity contribution >= 4 is 28.6 Å². The summed E-state index contributed by atoms with van der Waals surface area (Å²) in [4.78, 5) is 33.2. The van der Waals surface area contributed by atoms with E-state index in [9.17, 15) is 19.1 Å². The highest BCUT2D eigenvalue weighted by atomic mass is 19.1. The summed E-state index contributed by atoms with van der Waals surface area (Å²) < 4.78 is 24.6. The zero-order chi connectivity index (χ0) is 29.9. The van der Waals surface area contributed by atoms with Crippen LogP contribution in [0.4, 0.5) is 9.18 Å². The fourth-order valence-corrected chi connectivity index (χ4v) is 6.37. The lowest BCUT2D eigenvalue weighted by molar-refractivity contribution is 0.0125. The lowest BCUT2D eigenvalue weighted by Crippen LogP contribution is -2.59. The molecule has 1 N–H and O–H groups in total. The second kappa shape index (κ2) is 10.3. The average molecular weight is 577 g/mol. The Balaban J connectivity index is 1.39. The number of alkyl halides is 1. The predicted molar refractivity (Wildman–Crippen MR) is 157 cm³/mol. The van der Waals surface area contributed by atoms with Gasteiger partial charge in [-0.25, -0.2) is 18.7 Å². The largest absolute Gasteiger partial charge is 0.494 e. The number of carbonyl (C=O) groups is 2. The molecule has 2 amide bonds. The van der Waals surface area contributed by atoms with E-state index >= 15 is 0 Å². The molecule has 4 aromatic heterocycles. The summed E-state index contributed by atoms with van der Waals surface area (Å²) >= 11 is 0. The number of methoxy groups -OCH3 is 1. The van der Waals surface area contributed by atoms with Gasteiger partial charge in [-0.15, -0.1) is 0 Å². The van der Waals surface area contributed by atoms with Crippen LogP contribution < -0.4 is 4.74 Å². The van der Waals surface area contributed by atoms with Gasteiger partial charge in [-0.05, 0) is 70.7 Å². The van der Waals surface area contributed by atoms with Crippen LogP contribution in [0.3, 0.4) is 0 Å². The number of hydrogen-bond acceptors (Lipinski definition) is 5. The summed E-state index contributed by atoms with van der Waals surface area (Å²) in [5.41, 5.74) is 3.86. The standard InChI is InChI=1S/C31H37FN6O4/c1-18-26(24-11-20-7-6-10-33-28(20)36(24)14-19-8-9-19)34-37-15-21(12-25(42-5)27(18)37)29(39)35-16-22(32)13-23(17-35)38(30(40)41)31(2,3)4/h6-7,10-12,15,19,22-23H,8-9,13-14,16-17H2,1-5H3,(H,40,41)/t22-,23-/m1/s1. The van der Waals surface area contributed by atoms with Gasteiger partial charge in [-0.1, -0.05) is 0 Å². The molecule has 10 nitrogen and oxygen atoms in total. The van der Waals surface area contributed by atoms with Crippen LogP contribution in [-0.4, -0.2) is 84.0 Å². The Labute approximate surface area is 243 Å². The SMILES string of the molecule is COc1cc(C(=O)N2C[C@H](F)C[C@@H](N(C(=O)O)C(C)(C)C)C2)cn2nc(-c3cc4cccnc4n3CC3CC3)c(C)c12. The van der Waals surface area contributed by atoms with Crippen LogP contribution in [0.5, 0.6) is 5.75 Å². The molecule has 1 saturated heterocycles. The van der Waals surface area contributed by atoms with E-state index in [0.29, 0.717) is 17.2 Å². The Morgan fingerprint density at radius 3 is 2.64 bits per heavy atom. The second-order valence-electron chi connectivity index (χ2n) is 12.6. The van der Waals surface area contributed by atoms with Crippen LogP contribution in [0.1, 0.15) is 56.0 Å². The maximum atomic E-state index is 15.0. The summed E-state index contributed by atoms with van der Waals surface area (Å²) in [6.07, 6.45) is 3.42. The lowest BCUT2D eigenvalue weighted by Gasteiger charge is -2.45. The first kappa shape index (κ1) is 28.0. The molecule has 0 aromatic carbocycles. The van der Waals surface area contributed by atoms with Crippen LogP contribution in [0.25, 0.3) is 27.9 Å². The van der Waals surface area contributed by atoms with Gasteiger partial charge in [-0.3, -0.25) is 9.69 Å². The van der Waals surface area contributed by atoms with Crippen molar-refractivity contribution in [2.75, 3.05) is 20.2 Å². The average Bonchev–Trinajstić information content (AvgIpc) is 3.59. The predicted octanol–water partition coefficient (Wildman–Crippen LogP) is 5.41. The van der Waals surface area contributed by atoms with Crippen LogP contribution in [0.15, 0.2) is 36.7 Å². The Bertz CT molecular complexity index is 1680. The summed E-state index contributed by atoms with van der Waals surface area (Å²) in [5.74, 6) is 0.705. The zero-order valence-corrected chi connectivity index (χ0v) is 24.7. The summed E-state index contributed by atoms with van der Waals surface area (Å²) in [5, 5.41) is 15.9. The second-order valence-corrected chi connectivity index (χ2v) is 12.6. The molecule has 1 aliphatic carbocycles. The first-order chi connectivity index (χ1) is 20.0. The zero-order valence-electron chi connectivity index (χ0n) is 24.7. The van der Waals surface area contributed by atoms with Gasteiger partial charge >= 0.3 is 6.09 Å². The Hall–Kier alpha value is -4.15. The van der Waals surface area contributed by atoms with Crippen LogP contribution in [-0.2, 0) is 6.54 Å². The maximum Gasteiger partial charge on any atom is 0.408 e. The summed E-state index contributed by atoms with van der Waals surface area (Å²) in [7, 11) is 1.55. The van der Waals surface area contributed by atoms with E-state index in [0.717, 1.165) is 40.0 Å². The normalized spacial score (nSPS) is 19.4. The van der Waals surface area contributed by atoms with Gasteiger partial charge in [0.2, 0.25) is 0 Å². The minimum absolute atomic E-state index is 0.0428. The van der Waals surface area contributed by atoms with Gasteiger partial charge in [0.25, 0.3) is 5.91 Å². The van der Waals surface area contributed by atoms with E-state index in [1.165, 1.54) is 22.6 Å². The molecule has 222 valence electrons. The number of ether oxygens (including phenoxy) is 1. The number of hydrogen-bond donors (Lipinski definition) is 1. The van der Waals surface area contributed by atoms with Crippen molar-refractivity contribution in [2.45, 2.75) is 71.3 Å². The van der Waals surface area contributed by atoms with Crippen molar-refractivity contribution in [3.05, 3.63) is 47.8 Å². The molecule has 6 rings (SSSR count). The van der Waals surface area contributed by atoms with E-state index in [-0.39, 0.29) is 19.5 Å². The molecular weight excluding hydrogens is 539 g/mol. The smallest absolute Gasteiger partial charge is 0.408 e. The monoisotopic (exact) mass is 576 g/mol. The van der Waals surface area contributed by atoms with E-state index < -0.39 is 29.8 Å². The van der Waals surface area contributed by atoms with Gasteiger partial charge in [0, 0.05) is 48.4 Å². The highest BCUT2D eigenvalue weighted by Gasteiger charge is 2.40. The fraction of sp³-hybridized carbons (Fsp3) is 0.484. The summed E-state index contributed by atoms with van der Waals surface area (Å²) in [6.45, 7) is 8.16. The quantitative estimate of drug-likeness (QED) is 0.329. The Kier molecular flexibility index (Phi) is 6.86. The molecule has 42 heavy (non-hydrogen) atoms. The van der Waals surface area contributed by atoms with Gasteiger partial charge in [0.1, 0.15) is 28.8 Å². The number of carbonyl (C=O) groups excluding carboxylic acids is 1. The molecule has 4 aromatic rings. The number of pyridine rings is 2. The Morgan fingerprint density at radius 1 is 1.21 bits per heavy atom. The molecule has 1 saturated carbocycles. The molecule has 2 atom stereocenters. The maximum absolute atomic E-state index is 15.0. The number of carboxylic acid groups (broad SMARTS) is 1. The van der Waals surface area contributed by atoms with E-state index in [1.807, 2.05) is 19.1 Å². The molecule has 5 heterocycles. The number of aromatic nitrogens is 4. The van der Waals surface area contributed by atoms with Crippen molar-refractivity contribution in [3.8, 4) is 17.1 Å². The lowest BCUT2D eigenvalue weighted by atomic mass is 9.96. The van der Waals surface area contributed by atoms with Crippen LogP contribution in [0.2, 0.25) is 0 Å². The van der Waals surface area contributed by atoms with Gasteiger partial charge in [0.05, 0.1) is 31.0 Å². The number of likely N-dealkylation sites (tertiary alicyclic amines) is 1.